The normalized spacial score (nSPS) is 11.5. The Morgan fingerprint density at radius 2 is 1.30 bits per heavy atom. The van der Waals surface area contributed by atoms with Crippen LogP contribution in [0.25, 0.3) is 5.69 Å². The highest BCUT2D eigenvalue weighted by Gasteiger charge is 2.30. The molecular formula is C23H23N5O4S. The van der Waals surface area contributed by atoms with Gasteiger partial charge < -0.3 is 9.47 Å². The summed E-state index contributed by atoms with van der Waals surface area (Å²) >= 11 is 0. The third-order valence-corrected chi connectivity index (χ3v) is 6.55. The van der Waals surface area contributed by atoms with Crippen LogP contribution < -0.4 is 9.47 Å². The highest BCUT2D eigenvalue weighted by molar-refractivity contribution is 7.88. The summed E-state index contributed by atoms with van der Waals surface area (Å²) in [6, 6.07) is 23.5. The minimum atomic E-state index is -4.05. The lowest BCUT2D eigenvalue weighted by Crippen LogP contribution is -2.31. The Labute approximate surface area is 192 Å². The minimum absolute atomic E-state index is 0.123. The average molecular weight is 466 g/mol. The van der Waals surface area contributed by atoms with Crippen LogP contribution >= 0.6 is 0 Å². The Kier molecular flexibility index (Phi) is 6.66. The fourth-order valence-electron chi connectivity index (χ4n) is 3.19. The molecule has 0 N–H and O–H groups in total. The summed E-state index contributed by atoms with van der Waals surface area (Å²) in [7, 11) is -0.890. The summed E-state index contributed by atoms with van der Waals surface area (Å²) in [5.41, 5.74) is 2.20. The first-order chi connectivity index (χ1) is 16.0. The third kappa shape index (κ3) is 5.18. The number of tetrazole rings is 1. The largest absolute Gasteiger partial charge is 0.497 e. The maximum absolute atomic E-state index is 13.5. The van der Waals surface area contributed by atoms with Crippen LogP contribution in [0.3, 0.4) is 0 Å². The lowest BCUT2D eigenvalue weighted by molar-refractivity contribution is 0.394. The van der Waals surface area contributed by atoms with Gasteiger partial charge in [0.15, 0.2) is 0 Å². The Morgan fingerprint density at radius 3 is 1.79 bits per heavy atom. The van der Waals surface area contributed by atoms with Crippen LogP contribution in [0.4, 0.5) is 0 Å². The lowest BCUT2D eigenvalue weighted by Gasteiger charge is -2.21. The summed E-state index contributed by atoms with van der Waals surface area (Å²) in [5.74, 6) is 1.38. The highest BCUT2D eigenvalue weighted by Crippen LogP contribution is 2.22. The van der Waals surface area contributed by atoms with E-state index in [-0.39, 0.29) is 18.2 Å². The van der Waals surface area contributed by atoms with Crippen molar-refractivity contribution in [2.24, 2.45) is 0 Å². The zero-order valence-corrected chi connectivity index (χ0v) is 19.0. The van der Waals surface area contributed by atoms with Gasteiger partial charge in [0.25, 0.3) is 10.0 Å². The van der Waals surface area contributed by atoms with Gasteiger partial charge in [-0.3, -0.25) is 0 Å². The van der Waals surface area contributed by atoms with Crippen LogP contribution in [0.5, 0.6) is 11.5 Å². The fourth-order valence-corrected chi connectivity index (χ4v) is 4.38. The van der Waals surface area contributed by atoms with E-state index in [0.717, 1.165) is 11.1 Å². The van der Waals surface area contributed by atoms with Crippen LogP contribution in [0.2, 0.25) is 0 Å². The Bertz CT molecular complexity index is 1240. The van der Waals surface area contributed by atoms with Gasteiger partial charge in [0.2, 0.25) is 0 Å². The van der Waals surface area contributed by atoms with Gasteiger partial charge in [-0.1, -0.05) is 47.6 Å². The van der Waals surface area contributed by atoms with Crippen molar-refractivity contribution in [1.29, 1.82) is 0 Å². The van der Waals surface area contributed by atoms with E-state index in [1.165, 1.54) is 9.10 Å². The Balaban J connectivity index is 1.66. The maximum atomic E-state index is 13.5. The second-order valence-electron chi connectivity index (χ2n) is 7.17. The number of ether oxygens (including phenoxy) is 2. The van der Waals surface area contributed by atoms with Crippen molar-refractivity contribution in [1.82, 2.24) is 24.5 Å². The van der Waals surface area contributed by atoms with E-state index in [1.54, 1.807) is 50.6 Å². The van der Waals surface area contributed by atoms with E-state index in [9.17, 15) is 8.42 Å². The molecule has 0 saturated heterocycles. The number of para-hydroxylation sites is 1. The number of benzene rings is 3. The molecule has 0 fully saturated rings. The average Bonchev–Trinajstić information content (AvgIpc) is 3.36. The standard InChI is InChI=1S/C23H23N5O4S/c1-31-21-12-8-18(9-13-21)16-27(17-19-10-14-22(32-2)15-11-19)33(29,30)23-24-26-28(25-23)20-6-4-3-5-7-20/h3-15H,16-17H2,1-2H3. The molecule has 4 rings (SSSR count). The van der Waals surface area contributed by atoms with Crippen LogP contribution in [0, 0.1) is 0 Å². The quantitative estimate of drug-likeness (QED) is 0.375. The van der Waals surface area contributed by atoms with Crippen molar-refractivity contribution in [2.45, 2.75) is 18.2 Å². The van der Waals surface area contributed by atoms with Crippen LogP contribution in [-0.4, -0.2) is 47.1 Å². The molecule has 4 aromatic rings. The highest BCUT2D eigenvalue weighted by atomic mass is 32.2. The van der Waals surface area contributed by atoms with Gasteiger partial charge >= 0.3 is 5.16 Å². The SMILES string of the molecule is COc1ccc(CN(Cc2ccc(OC)cc2)S(=O)(=O)c2nnn(-c3ccccc3)n2)cc1. The molecule has 1 heterocycles. The van der Waals surface area contributed by atoms with Gasteiger partial charge in [-0.05, 0) is 52.7 Å². The molecule has 1 aromatic heterocycles. The van der Waals surface area contributed by atoms with Crippen molar-refractivity contribution >= 4 is 10.0 Å². The van der Waals surface area contributed by atoms with Crippen LogP contribution in [0.15, 0.2) is 84.0 Å². The monoisotopic (exact) mass is 465 g/mol. The summed E-state index contributed by atoms with van der Waals surface area (Å²) < 4.78 is 38.8. The zero-order chi connectivity index (χ0) is 23.3. The molecule has 9 nitrogen and oxygen atoms in total. The summed E-state index contributed by atoms with van der Waals surface area (Å²) in [6.07, 6.45) is 0. The predicted octanol–water partition coefficient (Wildman–Crippen LogP) is 3.07. The number of methoxy groups -OCH3 is 2. The molecule has 0 bridgehead atoms. The molecule has 0 aliphatic carbocycles. The first-order valence-electron chi connectivity index (χ1n) is 10.1. The van der Waals surface area contributed by atoms with Crippen LogP contribution in [0.1, 0.15) is 11.1 Å². The van der Waals surface area contributed by atoms with Crippen molar-refractivity contribution in [2.75, 3.05) is 14.2 Å². The summed E-state index contributed by atoms with van der Waals surface area (Å²) in [4.78, 5) is 1.20. The number of hydrogen-bond acceptors (Lipinski definition) is 7. The molecule has 0 spiro atoms. The molecule has 3 aromatic carbocycles. The van der Waals surface area contributed by atoms with Gasteiger partial charge in [0, 0.05) is 13.1 Å². The molecule has 170 valence electrons. The van der Waals surface area contributed by atoms with E-state index in [4.69, 9.17) is 9.47 Å². The number of rotatable bonds is 9. The van der Waals surface area contributed by atoms with Gasteiger partial charge in [0.1, 0.15) is 11.5 Å². The first kappa shape index (κ1) is 22.4. The predicted molar refractivity (Wildman–Crippen MR) is 122 cm³/mol. The van der Waals surface area contributed by atoms with Gasteiger partial charge in [0.05, 0.1) is 19.9 Å². The fraction of sp³-hybridized carbons (Fsp3) is 0.174. The number of hydrogen-bond donors (Lipinski definition) is 0. The lowest BCUT2D eigenvalue weighted by atomic mass is 10.2. The zero-order valence-electron chi connectivity index (χ0n) is 18.2. The van der Waals surface area contributed by atoms with E-state index >= 15 is 0 Å². The molecule has 0 amide bonds. The molecule has 0 aliphatic heterocycles. The van der Waals surface area contributed by atoms with Crippen LogP contribution in [-0.2, 0) is 23.1 Å². The molecule has 0 atom stereocenters. The third-order valence-electron chi connectivity index (χ3n) is 4.99. The second-order valence-corrected chi connectivity index (χ2v) is 9.00. The van der Waals surface area contributed by atoms with Gasteiger partial charge in [-0.15, -0.1) is 9.90 Å². The molecule has 0 radical (unpaired) electrons. The Morgan fingerprint density at radius 1 is 0.788 bits per heavy atom. The molecule has 10 heteroatoms. The van der Waals surface area contributed by atoms with Gasteiger partial charge in [-0.2, -0.15) is 4.31 Å². The van der Waals surface area contributed by atoms with Crippen molar-refractivity contribution < 1.29 is 17.9 Å². The molecular weight excluding hydrogens is 442 g/mol. The first-order valence-corrected chi connectivity index (χ1v) is 11.5. The number of aromatic nitrogens is 4. The topological polar surface area (TPSA) is 99.4 Å². The van der Waals surface area contributed by atoms with Gasteiger partial charge in [-0.25, -0.2) is 8.42 Å². The van der Waals surface area contributed by atoms with E-state index < -0.39 is 10.0 Å². The van der Waals surface area contributed by atoms with E-state index in [1.807, 2.05) is 42.5 Å². The van der Waals surface area contributed by atoms with Crippen molar-refractivity contribution in [3.63, 3.8) is 0 Å². The smallest absolute Gasteiger partial charge is 0.304 e. The minimum Gasteiger partial charge on any atom is -0.497 e. The summed E-state index contributed by atoms with van der Waals surface area (Å²) in [5, 5.41) is 11.5. The molecule has 33 heavy (non-hydrogen) atoms. The molecule has 0 unspecified atom stereocenters. The van der Waals surface area contributed by atoms with Crippen molar-refractivity contribution in [3.05, 3.63) is 90.0 Å². The Hall–Kier alpha value is -3.76. The maximum Gasteiger partial charge on any atom is 0.304 e. The van der Waals surface area contributed by atoms with E-state index in [2.05, 4.69) is 15.4 Å². The number of sulfonamides is 1. The van der Waals surface area contributed by atoms with E-state index in [0.29, 0.717) is 17.2 Å². The molecule has 0 saturated carbocycles. The molecule has 0 aliphatic rings. The summed E-state index contributed by atoms with van der Waals surface area (Å²) in [6.45, 7) is 0.246. The second kappa shape index (κ2) is 9.80. The van der Waals surface area contributed by atoms with Crippen molar-refractivity contribution in [3.8, 4) is 17.2 Å². The number of nitrogens with zero attached hydrogens (tertiary/aromatic N) is 5.